The molecule has 2 rings (SSSR count). The average molecular weight is 399 g/mol. The Morgan fingerprint density at radius 1 is 0.897 bits per heavy atom. The van der Waals surface area contributed by atoms with Crippen LogP contribution in [-0.4, -0.2) is 38.6 Å². The summed E-state index contributed by atoms with van der Waals surface area (Å²) in [5.74, 6) is 1.30. The van der Waals surface area contributed by atoms with Crippen molar-refractivity contribution in [3.8, 4) is 11.5 Å². The van der Waals surface area contributed by atoms with Gasteiger partial charge in [-0.2, -0.15) is 0 Å². The van der Waals surface area contributed by atoms with Crippen molar-refractivity contribution in [1.82, 2.24) is 10.6 Å². The van der Waals surface area contributed by atoms with Gasteiger partial charge < -0.3 is 20.1 Å². The summed E-state index contributed by atoms with van der Waals surface area (Å²) in [4.78, 5) is 24.7. The molecular weight excluding hydrogens is 368 g/mol. The van der Waals surface area contributed by atoms with Crippen LogP contribution in [0.15, 0.2) is 48.5 Å². The maximum absolute atomic E-state index is 12.4. The molecule has 6 nitrogen and oxygen atoms in total. The maximum Gasteiger partial charge on any atom is 0.224 e. The Bertz CT molecular complexity index is 807. The van der Waals surface area contributed by atoms with Gasteiger partial charge in [0.25, 0.3) is 0 Å². The summed E-state index contributed by atoms with van der Waals surface area (Å²) in [5, 5.41) is 5.95. The van der Waals surface area contributed by atoms with Gasteiger partial charge in [-0.3, -0.25) is 9.59 Å². The number of carbonyl (C=O) groups excluding carboxylic acids is 2. The van der Waals surface area contributed by atoms with Gasteiger partial charge in [-0.1, -0.05) is 37.6 Å². The monoisotopic (exact) mass is 398 g/mol. The molecule has 0 unspecified atom stereocenters. The number of ether oxygens (including phenoxy) is 2. The molecule has 2 amide bonds. The van der Waals surface area contributed by atoms with Crippen LogP contribution in [-0.2, 0) is 22.4 Å². The Labute approximate surface area is 172 Å². The van der Waals surface area contributed by atoms with Gasteiger partial charge in [0.1, 0.15) is 11.5 Å². The number of benzene rings is 2. The minimum absolute atomic E-state index is 0.0706. The molecule has 2 aromatic carbocycles. The number of carbonyl (C=O) groups is 2. The Morgan fingerprint density at radius 3 is 1.97 bits per heavy atom. The van der Waals surface area contributed by atoms with E-state index in [1.165, 1.54) is 0 Å². The highest BCUT2D eigenvalue weighted by Gasteiger charge is 2.14. The Hall–Kier alpha value is -3.02. The van der Waals surface area contributed by atoms with Crippen LogP contribution in [0.1, 0.15) is 30.9 Å². The van der Waals surface area contributed by atoms with Crippen molar-refractivity contribution in [3.05, 3.63) is 59.7 Å². The average Bonchev–Trinajstić information content (AvgIpc) is 2.72. The molecule has 0 aliphatic rings. The number of hydrogen-bond donors (Lipinski definition) is 2. The van der Waals surface area contributed by atoms with Gasteiger partial charge in [0, 0.05) is 12.6 Å². The summed E-state index contributed by atoms with van der Waals surface area (Å²) in [6, 6.07) is 14.8. The van der Waals surface area contributed by atoms with Crippen molar-refractivity contribution in [2.45, 2.75) is 38.6 Å². The first kappa shape index (κ1) is 22.3. The van der Waals surface area contributed by atoms with Crippen molar-refractivity contribution < 1.29 is 19.1 Å². The van der Waals surface area contributed by atoms with Crippen molar-refractivity contribution in [3.63, 3.8) is 0 Å². The van der Waals surface area contributed by atoms with E-state index in [2.05, 4.69) is 17.6 Å². The Kier molecular flexibility index (Phi) is 9.02. The highest BCUT2D eigenvalue weighted by Crippen LogP contribution is 2.14. The molecule has 6 heteroatoms. The van der Waals surface area contributed by atoms with E-state index in [0.29, 0.717) is 6.54 Å². The molecule has 0 aliphatic carbocycles. The molecule has 1 atom stereocenters. The summed E-state index contributed by atoms with van der Waals surface area (Å²) in [7, 11) is 3.20. The minimum atomic E-state index is -0.104. The van der Waals surface area contributed by atoms with Crippen LogP contribution in [0.4, 0.5) is 0 Å². The minimum Gasteiger partial charge on any atom is -0.497 e. The van der Waals surface area contributed by atoms with Crippen molar-refractivity contribution in [2.24, 2.45) is 0 Å². The lowest BCUT2D eigenvalue weighted by molar-refractivity contribution is -0.123. The highest BCUT2D eigenvalue weighted by molar-refractivity contribution is 5.80. The number of methoxy groups -OCH3 is 2. The summed E-state index contributed by atoms with van der Waals surface area (Å²) in [5.41, 5.74) is 1.77. The zero-order valence-corrected chi connectivity index (χ0v) is 17.4. The van der Waals surface area contributed by atoms with Crippen LogP contribution in [0, 0.1) is 0 Å². The molecule has 2 N–H and O–H groups in total. The summed E-state index contributed by atoms with van der Waals surface area (Å²) in [6.07, 6.45) is 2.25. The zero-order valence-electron chi connectivity index (χ0n) is 17.4. The highest BCUT2D eigenvalue weighted by atomic mass is 16.5. The van der Waals surface area contributed by atoms with Crippen molar-refractivity contribution in [1.29, 1.82) is 0 Å². The largest absolute Gasteiger partial charge is 0.497 e. The Balaban J connectivity index is 1.84. The fraction of sp³-hybridized carbons (Fsp3) is 0.391. The predicted octanol–water partition coefficient (Wildman–Crippen LogP) is 2.89. The normalized spacial score (nSPS) is 11.4. The Morgan fingerprint density at radius 2 is 1.45 bits per heavy atom. The van der Waals surface area contributed by atoms with Gasteiger partial charge in [-0.25, -0.2) is 0 Å². The summed E-state index contributed by atoms with van der Waals surface area (Å²) < 4.78 is 10.4. The van der Waals surface area contributed by atoms with Gasteiger partial charge in [0.05, 0.1) is 27.1 Å². The second-order valence-electron chi connectivity index (χ2n) is 6.91. The molecule has 0 saturated carbocycles. The lowest BCUT2D eigenvalue weighted by Gasteiger charge is -2.19. The van der Waals surface area contributed by atoms with E-state index >= 15 is 0 Å². The molecule has 0 saturated heterocycles. The van der Waals surface area contributed by atoms with Crippen LogP contribution >= 0.6 is 0 Å². The first-order valence-electron chi connectivity index (χ1n) is 9.86. The van der Waals surface area contributed by atoms with Crippen LogP contribution < -0.4 is 20.1 Å². The zero-order chi connectivity index (χ0) is 21.1. The van der Waals surface area contributed by atoms with Gasteiger partial charge >= 0.3 is 0 Å². The van der Waals surface area contributed by atoms with Gasteiger partial charge in [0.15, 0.2) is 0 Å². The molecule has 29 heavy (non-hydrogen) atoms. The molecule has 0 heterocycles. The van der Waals surface area contributed by atoms with E-state index in [1.807, 2.05) is 48.5 Å². The van der Waals surface area contributed by atoms with Crippen LogP contribution in [0.25, 0.3) is 0 Å². The van der Waals surface area contributed by atoms with E-state index in [9.17, 15) is 9.59 Å². The molecule has 2 aromatic rings. The molecular formula is C23H30N2O4. The van der Waals surface area contributed by atoms with Crippen LogP contribution in [0.3, 0.4) is 0 Å². The van der Waals surface area contributed by atoms with Gasteiger partial charge in [-0.15, -0.1) is 0 Å². The maximum atomic E-state index is 12.4. The molecule has 0 aliphatic heterocycles. The summed E-state index contributed by atoms with van der Waals surface area (Å²) >= 11 is 0. The standard InChI is InChI=1S/C23H30N2O4/c1-4-7-19(25-23(27)15-18-9-6-11-21(13-18)29-3)16-24-22(26)14-17-8-5-10-20(12-17)28-2/h5-6,8-13,19H,4,7,14-16H2,1-3H3,(H,24,26)(H,25,27)/t19-/m0/s1. The van der Waals surface area contributed by atoms with Gasteiger partial charge in [0.2, 0.25) is 11.8 Å². The van der Waals surface area contributed by atoms with E-state index < -0.39 is 0 Å². The molecule has 0 spiro atoms. The first-order valence-corrected chi connectivity index (χ1v) is 9.86. The van der Waals surface area contributed by atoms with E-state index in [4.69, 9.17) is 9.47 Å². The third-order valence-electron chi connectivity index (χ3n) is 4.55. The topological polar surface area (TPSA) is 76.7 Å². The molecule has 0 aromatic heterocycles. The molecule has 0 fully saturated rings. The molecule has 0 bridgehead atoms. The van der Waals surface area contributed by atoms with E-state index in [-0.39, 0.29) is 30.7 Å². The number of nitrogens with one attached hydrogen (secondary N) is 2. The van der Waals surface area contributed by atoms with Crippen molar-refractivity contribution >= 4 is 11.8 Å². The lowest BCUT2D eigenvalue weighted by atomic mass is 10.1. The number of hydrogen-bond acceptors (Lipinski definition) is 4. The van der Waals surface area contributed by atoms with Crippen molar-refractivity contribution in [2.75, 3.05) is 20.8 Å². The SMILES string of the molecule is CCC[C@@H](CNC(=O)Cc1cccc(OC)c1)NC(=O)Cc1cccc(OC)c1. The second kappa shape index (κ2) is 11.7. The molecule has 156 valence electrons. The summed E-state index contributed by atoms with van der Waals surface area (Å²) in [6.45, 7) is 2.46. The third kappa shape index (κ3) is 7.86. The second-order valence-corrected chi connectivity index (χ2v) is 6.91. The number of rotatable bonds is 11. The van der Waals surface area contributed by atoms with Crippen LogP contribution in [0.5, 0.6) is 11.5 Å². The third-order valence-corrected chi connectivity index (χ3v) is 4.55. The van der Waals surface area contributed by atoms with Crippen LogP contribution in [0.2, 0.25) is 0 Å². The fourth-order valence-electron chi connectivity index (χ4n) is 3.09. The smallest absolute Gasteiger partial charge is 0.224 e. The van der Waals surface area contributed by atoms with E-state index in [0.717, 1.165) is 35.5 Å². The molecule has 0 radical (unpaired) electrons. The number of amides is 2. The first-order chi connectivity index (χ1) is 14.0. The predicted molar refractivity (Wildman–Crippen MR) is 113 cm³/mol. The fourth-order valence-corrected chi connectivity index (χ4v) is 3.09. The van der Waals surface area contributed by atoms with Gasteiger partial charge in [-0.05, 0) is 41.8 Å². The lowest BCUT2D eigenvalue weighted by Crippen LogP contribution is -2.44. The van der Waals surface area contributed by atoms with E-state index in [1.54, 1.807) is 14.2 Å². The quantitative estimate of drug-likeness (QED) is 0.610.